The van der Waals surface area contributed by atoms with Crippen LogP contribution in [0.3, 0.4) is 0 Å². The molecular weight excluding hydrogens is 365 g/mol. The molecule has 7 heteroatoms. The van der Waals surface area contributed by atoms with Gasteiger partial charge in [-0.2, -0.15) is 0 Å². The summed E-state index contributed by atoms with van der Waals surface area (Å²) in [6.45, 7) is 3.56. The molecule has 0 saturated carbocycles. The van der Waals surface area contributed by atoms with Gasteiger partial charge in [-0.15, -0.1) is 0 Å². The van der Waals surface area contributed by atoms with Gasteiger partial charge in [0.05, 0.1) is 6.20 Å². The highest BCUT2D eigenvalue weighted by atomic mass is 16.5. The summed E-state index contributed by atoms with van der Waals surface area (Å²) in [6, 6.07) is 11.4. The first-order valence-corrected chi connectivity index (χ1v) is 9.99. The van der Waals surface area contributed by atoms with Crippen molar-refractivity contribution < 1.29 is 14.5 Å². The molecule has 4 heterocycles. The van der Waals surface area contributed by atoms with Crippen molar-refractivity contribution >= 4 is 29.6 Å². The number of piperidine rings is 1. The van der Waals surface area contributed by atoms with Gasteiger partial charge in [0.15, 0.2) is 0 Å². The Hall–Kier alpha value is -3.06. The van der Waals surface area contributed by atoms with Crippen molar-refractivity contribution in [3.63, 3.8) is 0 Å². The van der Waals surface area contributed by atoms with Crippen molar-refractivity contribution in [1.29, 1.82) is 0 Å². The number of carbonyl (C=O) groups excluding carboxylic acids is 1. The van der Waals surface area contributed by atoms with Crippen molar-refractivity contribution in [2.75, 3.05) is 13.1 Å². The lowest BCUT2D eigenvalue weighted by molar-refractivity contribution is 0.0657. The first-order valence-electron chi connectivity index (χ1n) is 9.99. The smallest absolute Gasteiger partial charge is 0.531 e. The number of likely N-dealkylation sites (tertiary alicyclic amines) is 1. The third-order valence-electron chi connectivity index (χ3n) is 6.08. The van der Waals surface area contributed by atoms with Crippen LogP contribution in [-0.2, 0) is 0 Å². The van der Waals surface area contributed by atoms with Crippen LogP contribution in [0.1, 0.15) is 29.3 Å². The molecule has 1 amide bonds. The van der Waals surface area contributed by atoms with Crippen LogP contribution in [0.5, 0.6) is 5.75 Å². The summed E-state index contributed by atoms with van der Waals surface area (Å²) >= 11 is 0. The predicted molar refractivity (Wildman–Crippen MR) is 112 cm³/mol. The quantitative estimate of drug-likeness (QED) is 0.663. The molecule has 1 saturated heterocycles. The van der Waals surface area contributed by atoms with E-state index in [4.69, 9.17) is 4.65 Å². The Morgan fingerprint density at radius 1 is 1.31 bits per heavy atom. The third-order valence-corrected chi connectivity index (χ3v) is 6.08. The second-order valence-electron chi connectivity index (χ2n) is 7.86. The molecule has 2 unspecified atom stereocenters. The molecule has 146 valence electrons. The zero-order valence-electron chi connectivity index (χ0n) is 16.2. The van der Waals surface area contributed by atoms with Crippen LogP contribution < -0.4 is 4.65 Å². The van der Waals surface area contributed by atoms with E-state index in [1.54, 1.807) is 12.2 Å². The van der Waals surface area contributed by atoms with Crippen molar-refractivity contribution in [3.8, 4) is 5.75 Å². The van der Waals surface area contributed by atoms with Gasteiger partial charge in [0, 0.05) is 41.7 Å². The largest absolute Gasteiger partial charge is 0.552 e. The molecule has 2 aliphatic rings. The fourth-order valence-electron chi connectivity index (χ4n) is 4.51. The summed E-state index contributed by atoms with van der Waals surface area (Å²) in [4.78, 5) is 22.5. The zero-order valence-corrected chi connectivity index (χ0v) is 16.2. The minimum atomic E-state index is -1.01. The van der Waals surface area contributed by atoms with E-state index in [1.165, 1.54) is 0 Å². The van der Waals surface area contributed by atoms with Crippen LogP contribution in [-0.4, -0.2) is 46.0 Å². The standard InChI is InChI=1S/C22H22BN3O3/c1-14-8-10-26(22(27)15-5-3-2-4-6-15)13-18(14)17-11-23(28)29-19-12-25-21-16(20(17)19)7-9-24-21/h2-7,9,11-12,14,18,28H,8,10,13H2,1H3,(H,24,25). The van der Waals surface area contributed by atoms with Crippen LogP contribution >= 0.6 is 0 Å². The van der Waals surface area contributed by atoms with Crippen LogP contribution in [0.15, 0.2) is 54.8 Å². The Kier molecular flexibility index (Phi) is 4.40. The molecule has 3 aromatic rings. The Bertz CT molecular complexity index is 1100. The topological polar surface area (TPSA) is 78.5 Å². The molecule has 1 aromatic carbocycles. The lowest BCUT2D eigenvalue weighted by atomic mass is 9.71. The Labute approximate surface area is 169 Å². The monoisotopic (exact) mass is 387 g/mol. The van der Waals surface area contributed by atoms with Crippen LogP contribution in [0.2, 0.25) is 0 Å². The molecule has 0 bridgehead atoms. The summed E-state index contributed by atoms with van der Waals surface area (Å²) in [5.41, 5.74) is 3.49. The lowest BCUT2D eigenvalue weighted by Gasteiger charge is -2.40. The van der Waals surface area contributed by atoms with Gasteiger partial charge in [-0.1, -0.05) is 25.1 Å². The van der Waals surface area contributed by atoms with Crippen molar-refractivity contribution in [2.24, 2.45) is 11.8 Å². The number of fused-ring (bicyclic) bond motifs is 3. The summed E-state index contributed by atoms with van der Waals surface area (Å²) < 4.78 is 5.63. The molecule has 2 aromatic heterocycles. The van der Waals surface area contributed by atoms with E-state index in [2.05, 4.69) is 16.9 Å². The van der Waals surface area contributed by atoms with Crippen molar-refractivity contribution in [1.82, 2.24) is 14.9 Å². The van der Waals surface area contributed by atoms with Gasteiger partial charge in [0.25, 0.3) is 5.91 Å². The molecule has 2 atom stereocenters. The van der Waals surface area contributed by atoms with E-state index < -0.39 is 7.12 Å². The number of aromatic amines is 1. The second kappa shape index (κ2) is 7.08. The number of pyridine rings is 1. The summed E-state index contributed by atoms with van der Waals surface area (Å²) in [7, 11) is -1.01. The number of benzene rings is 1. The highest BCUT2D eigenvalue weighted by Gasteiger charge is 2.37. The van der Waals surface area contributed by atoms with Crippen LogP contribution in [0.4, 0.5) is 0 Å². The maximum absolute atomic E-state index is 13.0. The number of hydrogen-bond donors (Lipinski definition) is 2. The number of amides is 1. The first kappa shape index (κ1) is 18.0. The van der Waals surface area contributed by atoms with Gasteiger partial charge in [-0.25, -0.2) is 4.98 Å². The van der Waals surface area contributed by atoms with Crippen molar-refractivity contribution in [2.45, 2.75) is 13.3 Å². The average molecular weight is 387 g/mol. The predicted octanol–water partition coefficient (Wildman–Crippen LogP) is 3.16. The minimum absolute atomic E-state index is 0.0532. The van der Waals surface area contributed by atoms with E-state index in [1.807, 2.05) is 47.5 Å². The summed E-state index contributed by atoms with van der Waals surface area (Å²) in [5, 5.41) is 11.3. The number of nitrogens with zero attached hydrogens (tertiary/aromatic N) is 2. The lowest BCUT2D eigenvalue weighted by Crippen LogP contribution is -2.44. The fraction of sp³-hybridized carbons (Fsp3) is 0.273. The maximum atomic E-state index is 13.0. The second-order valence-corrected chi connectivity index (χ2v) is 7.86. The minimum Gasteiger partial charge on any atom is -0.531 e. The number of rotatable bonds is 2. The number of H-pyrrole nitrogens is 1. The molecule has 2 N–H and O–H groups in total. The van der Waals surface area contributed by atoms with Crippen LogP contribution in [0, 0.1) is 11.8 Å². The Morgan fingerprint density at radius 3 is 2.97 bits per heavy atom. The van der Waals surface area contributed by atoms with Gasteiger partial charge in [-0.3, -0.25) is 4.79 Å². The maximum Gasteiger partial charge on any atom is 0.552 e. The number of carbonyl (C=O) groups is 1. The molecule has 0 spiro atoms. The molecule has 6 nitrogen and oxygen atoms in total. The van der Waals surface area contributed by atoms with Gasteiger partial charge in [0.2, 0.25) is 0 Å². The van der Waals surface area contributed by atoms with Gasteiger partial charge < -0.3 is 19.6 Å². The Balaban J connectivity index is 1.52. The zero-order chi connectivity index (χ0) is 20.0. The van der Waals surface area contributed by atoms with Crippen molar-refractivity contribution in [3.05, 3.63) is 65.9 Å². The first-order chi connectivity index (χ1) is 14.1. The molecule has 29 heavy (non-hydrogen) atoms. The van der Waals surface area contributed by atoms with Gasteiger partial charge in [0.1, 0.15) is 11.4 Å². The molecule has 1 fully saturated rings. The highest BCUT2D eigenvalue weighted by molar-refractivity contribution is 6.52. The molecular formula is C22H22BN3O3. The normalized spacial score (nSPS) is 21.5. The average Bonchev–Trinajstić information content (AvgIpc) is 3.22. The van der Waals surface area contributed by atoms with Gasteiger partial charge in [-0.05, 0) is 42.1 Å². The third kappa shape index (κ3) is 3.11. The van der Waals surface area contributed by atoms with E-state index in [0.717, 1.165) is 35.1 Å². The number of aromatic nitrogens is 2. The number of nitrogens with one attached hydrogen (secondary N) is 1. The molecule has 0 aliphatic carbocycles. The van der Waals surface area contributed by atoms with E-state index in [0.29, 0.717) is 23.8 Å². The summed E-state index contributed by atoms with van der Waals surface area (Å²) in [5.74, 6) is 2.90. The highest BCUT2D eigenvalue weighted by Crippen LogP contribution is 2.43. The van der Waals surface area contributed by atoms with Gasteiger partial charge >= 0.3 is 7.12 Å². The van der Waals surface area contributed by atoms with E-state index in [9.17, 15) is 9.82 Å². The molecule has 0 radical (unpaired) electrons. The molecule has 5 rings (SSSR count). The SMILES string of the molecule is CC1CCN(C(=O)c2ccccc2)CC1C1=CB(O)Oc2cnc3[nH]ccc3c21. The molecule has 2 aliphatic heterocycles. The fourth-order valence-corrected chi connectivity index (χ4v) is 4.51. The summed E-state index contributed by atoms with van der Waals surface area (Å²) in [6.07, 6.45) is 4.43. The van der Waals surface area contributed by atoms with Crippen LogP contribution in [0.25, 0.3) is 16.6 Å². The Morgan fingerprint density at radius 2 is 2.14 bits per heavy atom. The number of hydrogen-bond acceptors (Lipinski definition) is 4. The van der Waals surface area contributed by atoms with E-state index >= 15 is 0 Å². The van der Waals surface area contributed by atoms with E-state index in [-0.39, 0.29) is 11.8 Å².